The van der Waals surface area contributed by atoms with Crippen LogP contribution in [0.4, 0.5) is 0 Å². The number of nitrogens with zero attached hydrogens (tertiary/aromatic N) is 3. The predicted molar refractivity (Wildman–Crippen MR) is 126 cm³/mol. The Morgan fingerprint density at radius 2 is 2.00 bits per heavy atom. The van der Waals surface area contributed by atoms with Crippen LogP contribution >= 0.6 is 24.0 Å². The van der Waals surface area contributed by atoms with Crippen molar-refractivity contribution in [1.29, 1.82) is 0 Å². The highest BCUT2D eigenvalue weighted by molar-refractivity contribution is 14.0. The number of hydrogen-bond donors (Lipinski definition) is 2. The SMILES string of the molecule is CN=C(NCCCc1c(C)noc1C)NC1CCN(C(=O)C2CCCCC2)C1.I. The number of nitrogens with one attached hydrogen (secondary N) is 2. The van der Waals surface area contributed by atoms with E-state index in [4.69, 9.17) is 4.52 Å². The van der Waals surface area contributed by atoms with Crippen LogP contribution in [-0.4, -0.2) is 54.6 Å². The second kappa shape index (κ2) is 11.8. The van der Waals surface area contributed by atoms with Crippen LogP contribution in [0.1, 0.15) is 62.0 Å². The molecule has 1 unspecified atom stereocenters. The number of amides is 1. The minimum atomic E-state index is 0. The molecule has 1 amide bonds. The standard InChI is InChI=1S/C21H35N5O2.HI/c1-15-19(16(2)28-25-15)10-7-12-23-21(22-3)24-18-11-13-26(14-18)20(27)17-8-5-4-6-9-17;/h17-18H,4-14H2,1-3H3,(H2,22,23,24);1H. The summed E-state index contributed by atoms with van der Waals surface area (Å²) < 4.78 is 5.22. The molecule has 2 heterocycles. The molecule has 1 atom stereocenters. The minimum Gasteiger partial charge on any atom is -0.361 e. The molecular formula is C21H36IN5O2. The van der Waals surface area contributed by atoms with Crippen LogP contribution in [0.5, 0.6) is 0 Å². The first kappa shape index (κ1) is 24.0. The van der Waals surface area contributed by atoms with E-state index < -0.39 is 0 Å². The Balaban J connectivity index is 0.00000300. The summed E-state index contributed by atoms with van der Waals surface area (Å²) in [6.45, 7) is 6.43. The number of guanidine groups is 1. The van der Waals surface area contributed by atoms with E-state index in [1.165, 1.54) is 24.8 Å². The van der Waals surface area contributed by atoms with Gasteiger partial charge in [0, 0.05) is 44.2 Å². The number of halogens is 1. The molecule has 3 rings (SSSR count). The molecule has 2 fully saturated rings. The number of carbonyl (C=O) groups excluding carboxylic acids is 1. The third kappa shape index (κ3) is 6.58. The highest BCUT2D eigenvalue weighted by Crippen LogP contribution is 2.26. The van der Waals surface area contributed by atoms with Gasteiger partial charge in [-0.25, -0.2) is 0 Å². The molecule has 1 aromatic rings. The lowest BCUT2D eigenvalue weighted by Crippen LogP contribution is -2.45. The fourth-order valence-corrected chi connectivity index (χ4v) is 4.40. The molecule has 1 aliphatic heterocycles. The fourth-order valence-electron chi connectivity index (χ4n) is 4.40. The third-order valence-electron chi connectivity index (χ3n) is 6.10. The average molecular weight is 517 g/mol. The van der Waals surface area contributed by atoms with Crippen LogP contribution in [0.25, 0.3) is 0 Å². The summed E-state index contributed by atoms with van der Waals surface area (Å²) in [4.78, 5) is 19.1. The van der Waals surface area contributed by atoms with Crippen LogP contribution < -0.4 is 10.6 Å². The van der Waals surface area contributed by atoms with Crippen molar-refractivity contribution in [3.8, 4) is 0 Å². The van der Waals surface area contributed by atoms with Crippen molar-refractivity contribution < 1.29 is 9.32 Å². The van der Waals surface area contributed by atoms with Gasteiger partial charge in [-0.3, -0.25) is 9.79 Å². The lowest BCUT2D eigenvalue weighted by Gasteiger charge is -2.26. The van der Waals surface area contributed by atoms with Gasteiger partial charge in [0.05, 0.1) is 5.69 Å². The van der Waals surface area contributed by atoms with Crippen LogP contribution in [0.2, 0.25) is 0 Å². The third-order valence-corrected chi connectivity index (χ3v) is 6.10. The molecule has 8 heteroatoms. The maximum Gasteiger partial charge on any atom is 0.225 e. The molecule has 2 N–H and O–H groups in total. The molecule has 1 aliphatic carbocycles. The number of carbonyl (C=O) groups is 1. The Hall–Kier alpha value is -1.32. The van der Waals surface area contributed by atoms with Crippen molar-refractivity contribution in [2.45, 2.75) is 71.3 Å². The summed E-state index contributed by atoms with van der Waals surface area (Å²) in [6.07, 6.45) is 8.75. The number of aromatic nitrogens is 1. The second-order valence-electron chi connectivity index (χ2n) is 8.15. The number of likely N-dealkylation sites (tertiary alicyclic amines) is 1. The van der Waals surface area contributed by atoms with Gasteiger partial charge >= 0.3 is 0 Å². The Kier molecular flexibility index (Phi) is 9.71. The molecule has 7 nitrogen and oxygen atoms in total. The lowest BCUT2D eigenvalue weighted by molar-refractivity contribution is -0.135. The van der Waals surface area contributed by atoms with E-state index in [2.05, 4.69) is 25.7 Å². The minimum absolute atomic E-state index is 0. The zero-order chi connectivity index (χ0) is 19.9. The van der Waals surface area contributed by atoms with E-state index in [1.54, 1.807) is 7.05 Å². The van der Waals surface area contributed by atoms with E-state index in [0.717, 1.165) is 69.2 Å². The van der Waals surface area contributed by atoms with E-state index in [0.29, 0.717) is 5.91 Å². The Labute approximate surface area is 191 Å². The van der Waals surface area contributed by atoms with Crippen LogP contribution in [0, 0.1) is 19.8 Å². The maximum absolute atomic E-state index is 12.7. The lowest BCUT2D eigenvalue weighted by atomic mass is 9.88. The number of rotatable bonds is 6. The van der Waals surface area contributed by atoms with Gasteiger partial charge in [-0.2, -0.15) is 0 Å². The van der Waals surface area contributed by atoms with Crippen molar-refractivity contribution >= 4 is 35.8 Å². The summed E-state index contributed by atoms with van der Waals surface area (Å²) in [5, 5.41) is 10.9. The largest absolute Gasteiger partial charge is 0.361 e. The molecule has 0 radical (unpaired) electrons. The van der Waals surface area contributed by atoms with Gasteiger partial charge < -0.3 is 20.1 Å². The Morgan fingerprint density at radius 3 is 2.66 bits per heavy atom. The zero-order valence-electron chi connectivity index (χ0n) is 18.0. The summed E-state index contributed by atoms with van der Waals surface area (Å²) in [5.74, 6) is 2.35. The van der Waals surface area contributed by atoms with Crippen LogP contribution in [-0.2, 0) is 11.2 Å². The van der Waals surface area contributed by atoms with Gasteiger partial charge in [0.2, 0.25) is 5.91 Å². The normalized spacial score (nSPS) is 20.4. The first-order chi connectivity index (χ1) is 13.6. The monoisotopic (exact) mass is 517 g/mol. The average Bonchev–Trinajstić information content (AvgIpc) is 3.31. The first-order valence-electron chi connectivity index (χ1n) is 10.8. The van der Waals surface area contributed by atoms with E-state index >= 15 is 0 Å². The molecular weight excluding hydrogens is 481 g/mol. The zero-order valence-corrected chi connectivity index (χ0v) is 20.3. The Bertz CT molecular complexity index is 665. The molecule has 1 saturated carbocycles. The number of aliphatic imine (C=N–C) groups is 1. The van der Waals surface area contributed by atoms with Gasteiger partial charge in [0.1, 0.15) is 5.76 Å². The molecule has 0 spiro atoms. The molecule has 0 bridgehead atoms. The van der Waals surface area contributed by atoms with Crippen molar-refractivity contribution in [2.75, 3.05) is 26.7 Å². The van der Waals surface area contributed by atoms with Crippen molar-refractivity contribution in [3.63, 3.8) is 0 Å². The van der Waals surface area contributed by atoms with E-state index in [9.17, 15) is 4.79 Å². The number of aryl methyl sites for hydroxylation is 2. The molecule has 164 valence electrons. The van der Waals surface area contributed by atoms with Gasteiger partial charge in [-0.05, 0) is 46.0 Å². The van der Waals surface area contributed by atoms with Crippen molar-refractivity contribution in [2.24, 2.45) is 10.9 Å². The van der Waals surface area contributed by atoms with Crippen LogP contribution in [0.15, 0.2) is 9.52 Å². The smallest absolute Gasteiger partial charge is 0.225 e. The molecule has 1 aromatic heterocycles. The highest BCUT2D eigenvalue weighted by atomic mass is 127. The quantitative estimate of drug-likeness (QED) is 0.262. The van der Waals surface area contributed by atoms with Gasteiger partial charge in [-0.1, -0.05) is 24.4 Å². The summed E-state index contributed by atoms with van der Waals surface area (Å²) in [7, 11) is 1.80. The van der Waals surface area contributed by atoms with E-state index in [-0.39, 0.29) is 35.9 Å². The highest BCUT2D eigenvalue weighted by Gasteiger charge is 2.31. The molecule has 2 aliphatic rings. The van der Waals surface area contributed by atoms with E-state index in [1.807, 2.05) is 13.8 Å². The first-order valence-corrected chi connectivity index (χ1v) is 10.8. The van der Waals surface area contributed by atoms with Crippen molar-refractivity contribution in [3.05, 3.63) is 17.0 Å². The predicted octanol–water partition coefficient (Wildman–Crippen LogP) is 3.19. The fraction of sp³-hybridized carbons (Fsp3) is 0.762. The topological polar surface area (TPSA) is 82.8 Å². The summed E-state index contributed by atoms with van der Waals surface area (Å²) in [5.41, 5.74) is 2.19. The summed E-state index contributed by atoms with van der Waals surface area (Å²) in [6, 6.07) is 0.279. The van der Waals surface area contributed by atoms with Gasteiger partial charge in [0.25, 0.3) is 0 Å². The van der Waals surface area contributed by atoms with Gasteiger partial charge in [0.15, 0.2) is 5.96 Å². The maximum atomic E-state index is 12.7. The molecule has 1 saturated heterocycles. The molecule has 29 heavy (non-hydrogen) atoms. The molecule has 0 aromatic carbocycles. The van der Waals surface area contributed by atoms with Gasteiger partial charge in [-0.15, -0.1) is 24.0 Å². The second-order valence-corrected chi connectivity index (χ2v) is 8.15. The number of hydrogen-bond acceptors (Lipinski definition) is 4. The summed E-state index contributed by atoms with van der Waals surface area (Å²) >= 11 is 0. The van der Waals surface area contributed by atoms with Crippen molar-refractivity contribution in [1.82, 2.24) is 20.7 Å². The van der Waals surface area contributed by atoms with Crippen LogP contribution in [0.3, 0.4) is 0 Å². The Morgan fingerprint density at radius 1 is 1.24 bits per heavy atom.